The van der Waals surface area contributed by atoms with Crippen molar-refractivity contribution in [3.8, 4) is 11.5 Å². The number of aliphatic hydroxyl groups is 1. The number of benzene rings is 3. The molecule has 194 valence electrons. The zero-order valence-electron chi connectivity index (χ0n) is 21.1. The van der Waals surface area contributed by atoms with E-state index in [2.05, 4.69) is 0 Å². The standard InChI is InChI=1S/C29H26N2O7/c1-30-12-13-38-23-11-10-18(16-22(23)30)26(32)24-25(17-6-5-9-21(15-17)36-2)31(28(34)27(24)33)20-8-4-7-19(14-20)29(35)37-3/h4-11,14-16,25,32H,12-13H2,1-3H3/b26-24-. The highest BCUT2D eigenvalue weighted by Crippen LogP contribution is 2.44. The number of Topliss-reactive ketones (excluding diaryl/α,β-unsaturated/α-hetero) is 1. The number of ether oxygens (including phenoxy) is 3. The van der Waals surface area contributed by atoms with Gasteiger partial charge in [0, 0.05) is 18.3 Å². The van der Waals surface area contributed by atoms with Crippen LogP contribution in [0.3, 0.4) is 0 Å². The maximum absolute atomic E-state index is 13.5. The van der Waals surface area contributed by atoms with Gasteiger partial charge in [0.2, 0.25) is 0 Å². The van der Waals surface area contributed by atoms with Crippen molar-refractivity contribution in [3.05, 3.63) is 89.0 Å². The van der Waals surface area contributed by atoms with E-state index >= 15 is 0 Å². The van der Waals surface area contributed by atoms with Gasteiger partial charge < -0.3 is 24.2 Å². The number of hydrogen-bond donors (Lipinski definition) is 1. The molecule has 2 aliphatic heterocycles. The summed E-state index contributed by atoms with van der Waals surface area (Å²) in [6.07, 6.45) is 0. The first-order valence-electron chi connectivity index (χ1n) is 12.0. The predicted octanol–water partition coefficient (Wildman–Crippen LogP) is 3.94. The highest BCUT2D eigenvalue weighted by molar-refractivity contribution is 6.51. The first-order valence-corrected chi connectivity index (χ1v) is 12.0. The Morgan fingerprint density at radius 1 is 1.00 bits per heavy atom. The zero-order chi connectivity index (χ0) is 27.0. The van der Waals surface area contributed by atoms with Gasteiger partial charge in [0.1, 0.15) is 23.9 Å². The van der Waals surface area contributed by atoms with Gasteiger partial charge in [0.05, 0.1) is 43.6 Å². The summed E-state index contributed by atoms with van der Waals surface area (Å²) in [4.78, 5) is 42.4. The fourth-order valence-electron chi connectivity index (χ4n) is 4.78. The van der Waals surface area contributed by atoms with Crippen molar-refractivity contribution < 1.29 is 33.7 Å². The third kappa shape index (κ3) is 4.21. The highest BCUT2D eigenvalue weighted by Gasteiger charge is 2.47. The van der Waals surface area contributed by atoms with Gasteiger partial charge in [-0.1, -0.05) is 18.2 Å². The molecule has 9 heteroatoms. The lowest BCUT2D eigenvalue weighted by Gasteiger charge is -2.28. The number of carbonyl (C=O) groups is 3. The van der Waals surface area contributed by atoms with E-state index in [9.17, 15) is 19.5 Å². The van der Waals surface area contributed by atoms with Crippen molar-refractivity contribution in [1.82, 2.24) is 0 Å². The summed E-state index contributed by atoms with van der Waals surface area (Å²) >= 11 is 0. The molecule has 0 bridgehead atoms. The van der Waals surface area contributed by atoms with Crippen molar-refractivity contribution >= 4 is 34.8 Å². The molecule has 0 saturated carbocycles. The van der Waals surface area contributed by atoms with Crippen LogP contribution in [0, 0.1) is 0 Å². The fraction of sp³-hybridized carbons (Fsp3) is 0.207. The topological polar surface area (TPSA) is 106 Å². The molecule has 0 spiro atoms. The van der Waals surface area contributed by atoms with Gasteiger partial charge in [-0.2, -0.15) is 0 Å². The molecule has 9 nitrogen and oxygen atoms in total. The molecule has 3 aromatic carbocycles. The normalized spacial score (nSPS) is 18.1. The molecule has 3 aromatic rings. The Labute approximate surface area is 219 Å². The Kier molecular flexibility index (Phi) is 6.50. The number of rotatable bonds is 5. The number of hydrogen-bond acceptors (Lipinski definition) is 8. The number of esters is 1. The van der Waals surface area contributed by atoms with Gasteiger partial charge >= 0.3 is 5.97 Å². The Bertz CT molecular complexity index is 1480. The van der Waals surface area contributed by atoms with Crippen LogP contribution in [-0.2, 0) is 14.3 Å². The zero-order valence-corrected chi connectivity index (χ0v) is 21.1. The van der Waals surface area contributed by atoms with Crippen molar-refractivity contribution in [2.24, 2.45) is 0 Å². The molecule has 1 fully saturated rings. The van der Waals surface area contributed by atoms with E-state index in [1.54, 1.807) is 60.7 Å². The number of carbonyl (C=O) groups excluding carboxylic acids is 3. The molecule has 2 heterocycles. The molecule has 5 rings (SSSR count). The van der Waals surface area contributed by atoms with E-state index in [4.69, 9.17) is 14.2 Å². The van der Waals surface area contributed by atoms with Crippen LogP contribution in [-0.4, -0.2) is 57.2 Å². The number of fused-ring (bicyclic) bond motifs is 1. The Balaban J connectivity index is 1.70. The summed E-state index contributed by atoms with van der Waals surface area (Å²) < 4.78 is 15.9. The molecule has 0 aliphatic carbocycles. The lowest BCUT2D eigenvalue weighted by atomic mass is 9.94. The second kappa shape index (κ2) is 9.93. The van der Waals surface area contributed by atoms with Crippen molar-refractivity contribution in [2.75, 3.05) is 44.2 Å². The summed E-state index contributed by atoms with van der Waals surface area (Å²) in [7, 11) is 4.69. The van der Waals surface area contributed by atoms with Gasteiger partial charge in [0.25, 0.3) is 11.7 Å². The van der Waals surface area contributed by atoms with Crippen LogP contribution in [0.5, 0.6) is 11.5 Å². The average molecular weight is 515 g/mol. The monoisotopic (exact) mass is 514 g/mol. The number of nitrogens with zero attached hydrogens (tertiary/aromatic N) is 2. The minimum atomic E-state index is -0.983. The number of anilines is 2. The van der Waals surface area contributed by atoms with Gasteiger partial charge in [-0.05, 0) is 54.1 Å². The summed E-state index contributed by atoms with van der Waals surface area (Å²) in [6.45, 7) is 1.21. The van der Waals surface area contributed by atoms with E-state index in [0.29, 0.717) is 41.5 Å². The molecular formula is C29H26N2O7. The first kappa shape index (κ1) is 24.9. The summed E-state index contributed by atoms with van der Waals surface area (Å²) in [5.74, 6) is -1.39. The fourth-order valence-corrected chi connectivity index (χ4v) is 4.78. The maximum atomic E-state index is 13.5. The van der Waals surface area contributed by atoms with Crippen LogP contribution in [0.15, 0.2) is 72.3 Å². The minimum Gasteiger partial charge on any atom is -0.507 e. The molecule has 38 heavy (non-hydrogen) atoms. The predicted molar refractivity (Wildman–Crippen MR) is 141 cm³/mol. The van der Waals surface area contributed by atoms with Gasteiger partial charge in [0.15, 0.2) is 0 Å². The number of amides is 1. The summed E-state index contributed by atoms with van der Waals surface area (Å²) in [5.41, 5.74) is 2.13. The summed E-state index contributed by atoms with van der Waals surface area (Å²) in [5, 5.41) is 11.5. The Morgan fingerprint density at radius 3 is 2.55 bits per heavy atom. The third-order valence-electron chi connectivity index (χ3n) is 6.73. The SMILES string of the molecule is COC(=O)c1cccc(N2C(=O)C(=O)/C(=C(\O)c3ccc4c(c3)N(C)CCO4)C2c2cccc(OC)c2)c1. The molecule has 1 saturated heterocycles. The molecule has 0 radical (unpaired) electrons. The first-order chi connectivity index (χ1) is 18.3. The second-order valence-corrected chi connectivity index (χ2v) is 8.94. The van der Waals surface area contributed by atoms with Crippen LogP contribution in [0.4, 0.5) is 11.4 Å². The van der Waals surface area contributed by atoms with Crippen LogP contribution < -0.4 is 19.3 Å². The largest absolute Gasteiger partial charge is 0.507 e. The number of likely N-dealkylation sites (N-methyl/N-ethyl adjacent to an activating group) is 1. The van der Waals surface area contributed by atoms with Crippen molar-refractivity contribution in [1.29, 1.82) is 0 Å². The minimum absolute atomic E-state index is 0.0777. The lowest BCUT2D eigenvalue weighted by molar-refractivity contribution is -0.132. The lowest BCUT2D eigenvalue weighted by Crippen LogP contribution is -2.29. The van der Waals surface area contributed by atoms with Gasteiger partial charge in [-0.15, -0.1) is 0 Å². The van der Waals surface area contributed by atoms with E-state index in [1.807, 2.05) is 11.9 Å². The number of methoxy groups -OCH3 is 2. The van der Waals surface area contributed by atoms with Crippen LogP contribution >= 0.6 is 0 Å². The molecule has 1 unspecified atom stereocenters. The molecule has 1 atom stereocenters. The van der Waals surface area contributed by atoms with E-state index in [0.717, 1.165) is 5.69 Å². The molecular weight excluding hydrogens is 488 g/mol. The second-order valence-electron chi connectivity index (χ2n) is 8.94. The van der Waals surface area contributed by atoms with E-state index < -0.39 is 23.7 Å². The van der Waals surface area contributed by atoms with Crippen LogP contribution in [0.1, 0.15) is 27.5 Å². The number of aliphatic hydroxyl groups excluding tert-OH is 1. The van der Waals surface area contributed by atoms with E-state index in [-0.39, 0.29) is 16.9 Å². The van der Waals surface area contributed by atoms with Gasteiger partial charge in [-0.25, -0.2) is 4.79 Å². The average Bonchev–Trinajstić information content (AvgIpc) is 3.22. The quantitative estimate of drug-likeness (QED) is 0.236. The van der Waals surface area contributed by atoms with Crippen LogP contribution in [0.2, 0.25) is 0 Å². The Hall–Kier alpha value is -4.79. The Morgan fingerprint density at radius 2 is 1.79 bits per heavy atom. The smallest absolute Gasteiger partial charge is 0.337 e. The van der Waals surface area contributed by atoms with Crippen LogP contribution in [0.25, 0.3) is 5.76 Å². The van der Waals surface area contributed by atoms with Gasteiger partial charge in [-0.3, -0.25) is 14.5 Å². The molecule has 1 N–H and O–H groups in total. The number of ketones is 1. The van der Waals surface area contributed by atoms with E-state index in [1.165, 1.54) is 25.2 Å². The summed E-state index contributed by atoms with van der Waals surface area (Å²) in [6, 6.07) is 17.3. The molecule has 0 aromatic heterocycles. The third-order valence-corrected chi connectivity index (χ3v) is 6.73. The molecule has 1 amide bonds. The highest BCUT2D eigenvalue weighted by atomic mass is 16.5. The van der Waals surface area contributed by atoms with Crippen molar-refractivity contribution in [3.63, 3.8) is 0 Å². The maximum Gasteiger partial charge on any atom is 0.337 e. The molecule has 2 aliphatic rings. The van der Waals surface area contributed by atoms with Crippen molar-refractivity contribution in [2.45, 2.75) is 6.04 Å².